The molecular formula is C9H12Se. The van der Waals surface area contributed by atoms with Crippen LogP contribution in [0.2, 0.25) is 0 Å². The molecule has 0 aromatic heterocycles. The molecule has 0 nitrogen and oxygen atoms in total. The molecule has 10 heavy (non-hydrogen) atoms. The van der Waals surface area contributed by atoms with Gasteiger partial charge in [0.2, 0.25) is 0 Å². The van der Waals surface area contributed by atoms with Crippen molar-refractivity contribution in [3.8, 4) is 0 Å². The summed E-state index contributed by atoms with van der Waals surface area (Å²) in [7, 11) is 0. The zero-order valence-corrected chi connectivity index (χ0v) is 8.05. The summed E-state index contributed by atoms with van der Waals surface area (Å²) in [6.07, 6.45) is 1.14. The summed E-state index contributed by atoms with van der Waals surface area (Å²) in [5, 5.41) is 1.08. The standard InChI is InChI=1S/C9H12Se/c1-2-8-3-5-9(7-10)6-4-8/h3-6,10H,2,7H2,1H3. The van der Waals surface area contributed by atoms with Crippen molar-refractivity contribution in [2.45, 2.75) is 18.7 Å². The van der Waals surface area contributed by atoms with Crippen LogP contribution in [-0.4, -0.2) is 16.0 Å². The number of benzene rings is 1. The van der Waals surface area contributed by atoms with Crippen LogP contribution in [-0.2, 0) is 11.7 Å². The average Bonchev–Trinajstić information content (AvgIpc) is 2.05. The predicted molar refractivity (Wildman–Crippen MR) is 46.7 cm³/mol. The Labute approximate surface area is 70.5 Å². The molecule has 0 atom stereocenters. The minimum atomic E-state index is 1.08. The Bertz CT molecular complexity index is 165. The third kappa shape index (κ3) is 1.86. The number of rotatable bonds is 2. The van der Waals surface area contributed by atoms with Crippen molar-refractivity contribution in [2.75, 3.05) is 0 Å². The van der Waals surface area contributed by atoms with Crippen molar-refractivity contribution >= 4 is 16.0 Å². The molecular weight excluding hydrogens is 187 g/mol. The summed E-state index contributed by atoms with van der Waals surface area (Å²) in [5.74, 6) is 0. The molecule has 0 aliphatic rings. The first kappa shape index (κ1) is 7.84. The Morgan fingerprint density at radius 1 is 1.10 bits per heavy atom. The van der Waals surface area contributed by atoms with E-state index in [1.807, 2.05) is 0 Å². The Kier molecular flexibility index (Phi) is 2.98. The van der Waals surface area contributed by atoms with E-state index in [9.17, 15) is 0 Å². The first-order valence-electron chi connectivity index (χ1n) is 3.55. The number of aryl methyl sites for hydroxylation is 1. The van der Waals surface area contributed by atoms with Crippen LogP contribution in [0.3, 0.4) is 0 Å². The van der Waals surface area contributed by atoms with E-state index in [4.69, 9.17) is 0 Å². The van der Waals surface area contributed by atoms with Crippen LogP contribution < -0.4 is 0 Å². The molecule has 0 fully saturated rings. The molecule has 0 N–H and O–H groups in total. The fourth-order valence-electron chi connectivity index (χ4n) is 0.880. The van der Waals surface area contributed by atoms with Gasteiger partial charge in [-0.25, -0.2) is 0 Å². The molecule has 1 aromatic rings. The van der Waals surface area contributed by atoms with Gasteiger partial charge in [-0.15, -0.1) is 0 Å². The van der Waals surface area contributed by atoms with Crippen molar-refractivity contribution < 1.29 is 0 Å². The molecule has 0 bridgehead atoms. The molecule has 0 spiro atoms. The molecule has 54 valence electrons. The van der Waals surface area contributed by atoms with Gasteiger partial charge < -0.3 is 0 Å². The van der Waals surface area contributed by atoms with Gasteiger partial charge >= 0.3 is 70.1 Å². The van der Waals surface area contributed by atoms with Crippen molar-refractivity contribution in [3.05, 3.63) is 35.4 Å². The second-order valence-electron chi connectivity index (χ2n) is 2.33. The normalized spacial score (nSPS) is 9.80. The van der Waals surface area contributed by atoms with Gasteiger partial charge in [0.15, 0.2) is 0 Å². The number of hydrogen-bond acceptors (Lipinski definition) is 0. The van der Waals surface area contributed by atoms with Crippen LogP contribution in [0.15, 0.2) is 24.3 Å². The van der Waals surface area contributed by atoms with Crippen molar-refractivity contribution in [2.24, 2.45) is 0 Å². The third-order valence-corrected chi connectivity index (χ3v) is 2.38. The molecule has 1 aromatic carbocycles. The van der Waals surface area contributed by atoms with E-state index in [2.05, 4.69) is 47.2 Å². The second kappa shape index (κ2) is 3.80. The van der Waals surface area contributed by atoms with Crippen LogP contribution in [0, 0.1) is 0 Å². The van der Waals surface area contributed by atoms with Crippen LogP contribution in [0.25, 0.3) is 0 Å². The maximum atomic E-state index is 2.59. The number of hydrogen-bond donors (Lipinski definition) is 0. The molecule has 0 saturated carbocycles. The summed E-state index contributed by atoms with van der Waals surface area (Å²) < 4.78 is 0. The Balaban J connectivity index is 2.80. The average molecular weight is 199 g/mol. The van der Waals surface area contributed by atoms with Gasteiger partial charge in [-0.3, -0.25) is 0 Å². The molecule has 0 radical (unpaired) electrons. The van der Waals surface area contributed by atoms with E-state index in [-0.39, 0.29) is 0 Å². The fourth-order valence-corrected chi connectivity index (χ4v) is 1.32. The van der Waals surface area contributed by atoms with E-state index in [0.717, 1.165) is 11.7 Å². The van der Waals surface area contributed by atoms with Gasteiger partial charge in [0, 0.05) is 0 Å². The quantitative estimate of drug-likeness (QED) is 0.635. The van der Waals surface area contributed by atoms with Crippen LogP contribution >= 0.6 is 0 Å². The van der Waals surface area contributed by atoms with Gasteiger partial charge in [0.05, 0.1) is 0 Å². The predicted octanol–water partition coefficient (Wildman–Crippen LogP) is 1.65. The Morgan fingerprint density at radius 2 is 1.60 bits per heavy atom. The summed E-state index contributed by atoms with van der Waals surface area (Å²) in [6.45, 7) is 2.18. The Morgan fingerprint density at radius 3 is 2.00 bits per heavy atom. The monoisotopic (exact) mass is 200 g/mol. The zero-order chi connectivity index (χ0) is 7.40. The minimum absolute atomic E-state index is 1.08. The van der Waals surface area contributed by atoms with E-state index < -0.39 is 0 Å². The first-order chi connectivity index (χ1) is 4.86. The molecule has 0 amide bonds. The molecule has 1 rings (SSSR count). The summed E-state index contributed by atoms with van der Waals surface area (Å²) in [5.41, 5.74) is 2.82. The Hall–Kier alpha value is -0.261. The summed E-state index contributed by atoms with van der Waals surface area (Å²) >= 11 is 2.59. The van der Waals surface area contributed by atoms with Gasteiger partial charge in [0.25, 0.3) is 0 Å². The maximum absolute atomic E-state index is 2.59. The summed E-state index contributed by atoms with van der Waals surface area (Å²) in [4.78, 5) is 0. The van der Waals surface area contributed by atoms with Gasteiger partial charge in [-0.2, -0.15) is 0 Å². The fraction of sp³-hybridized carbons (Fsp3) is 0.333. The van der Waals surface area contributed by atoms with Gasteiger partial charge in [-0.1, -0.05) is 0 Å². The van der Waals surface area contributed by atoms with Crippen LogP contribution in [0.1, 0.15) is 18.1 Å². The molecule has 0 aliphatic heterocycles. The first-order valence-corrected chi connectivity index (χ1v) is 4.88. The third-order valence-electron chi connectivity index (χ3n) is 1.61. The molecule has 0 aliphatic carbocycles. The molecule has 0 unspecified atom stereocenters. The van der Waals surface area contributed by atoms with Crippen molar-refractivity contribution in [1.29, 1.82) is 0 Å². The van der Waals surface area contributed by atoms with Crippen LogP contribution in [0.4, 0.5) is 0 Å². The van der Waals surface area contributed by atoms with Gasteiger partial charge in [-0.05, 0) is 0 Å². The van der Waals surface area contributed by atoms with Gasteiger partial charge in [0.1, 0.15) is 0 Å². The zero-order valence-electron chi connectivity index (χ0n) is 6.17. The topological polar surface area (TPSA) is 0 Å². The van der Waals surface area contributed by atoms with E-state index in [1.165, 1.54) is 11.1 Å². The molecule has 1 heteroatoms. The van der Waals surface area contributed by atoms with E-state index in [0.29, 0.717) is 0 Å². The SMILES string of the molecule is CCc1ccc(C[SeH])cc1. The second-order valence-corrected chi connectivity index (χ2v) is 2.99. The van der Waals surface area contributed by atoms with Crippen molar-refractivity contribution in [1.82, 2.24) is 0 Å². The molecule has 0 saturated heterocycles. The molecule has 0 heterocycles. The van der Waals surface area contributed by atoms with Crippen LogP contribution in [0.5, 0.6) is 0 Å². The summed E-state index contributed by atoms with van der Waals surface area (Å²) in [6, 6.07) is 8.78. The van der Waals surface area contributed by atoms with Crippen molar-refractivity contribution in [3.63, 3.8) is 0 Å². The van der Waals surface area contributed by atoms with E-state index in [1.54, 1.807) is 0 Å². The van der Waals surface area contributed by atoms with E-state index >= 15 is 0 Å².